The van der Waals surface area contributed by atoms with Crippen molar-refractivity contribution in [1.82, 2.24) is 10.2 Å². The number of carbonyl (C=O) groups excluding carboxylic acids is 2. The van der Waals surface area contributed by atoms with Crippen molar-refractivity contribution in [1.29, 1.82) is 0 Å². The summed E-state index contributed by atoms with van der Waals surface area (Å²) < 4.78 is 0.973. The molecule has 128 valence electrons. The van der Waals surface area contributed by atoms with Crippen molar-refractivity contribution in [2.45, 2.75) is 33.7 Å². The van der Waals surface area contributed by atoms with Gasteiger partial charge in [0.05, 0.1) is 13.1 Å². The number of nitrogens with zero attached hydrogens (tertiary/aromatic N) is 1. The molecule has 1 aromatic carbocycles. The second-order valence-corrected chi connectivity index (χ2v) is 7.20. The molecule has 1 aromatic rings. The highest BCUT2D eigenvalue weighted by Gasteiger charge is 2.14. The SMILES string of the molecule is Cc1cc(Br)ccc1NC(=O)CN(C)CC(=O)N[C@@H](C)C(C)C. The molecule has 0 saturated carbocycles. The highest BCUT2D eigenvalue weighted by molar-refractivity contribution is 9.10. The number of aryl methyl sites for hydroxylation is 1. The predicted molar refractivity (Wildman–Crippen MR) is 97.4 cm³/mol. The number of amides is 2. The lowest BCUT2D eigenvalue weighted by molar-refractivity contribution is -0.123. The standard InChI is InChI=1S/C17H26BrN3O2/c1-11(2)13(4)19-16(22)9-21(5)10-17(23)20-15-7-6-14(18)8-12(15)3/h6-8,11,13H,9-10H2,1-5H3,(H,19,22)(H,20,23)/t13-/m0/s1. The van der Waals surface area contributed by atoms with Crippen LogP contribution in [-0.2, 0) is 9.59 Å². The van der Waals surface area contributed by atoms with Gasteiger partial charge in [-0.2, -0.15) is 0 Å². The molecule has 0 aromatic heterocycles. The molecule has 2 amide bonds. The Labute approximate surface area is 146 Å². The van der Waals surface area contributed by atoms with Crippen LogP contribution in [0.4, 0.5) is 5.69 Å². The van der Waals surface area contributed by atoms with Crippen molar-refractivity contribution >= 4 is 33.4 Å². The van der Waals surface area contributed by atoms with Gasteiger partial charge in [0, 0.05) is 16.2 Å². The number of carbonyl (C=O) groups is 2. The van der Waals surface area contributed by atoms with E-state index >= 15 is 0 Å². The second-order valence-electron chi connectivity index (χ2n) is 6.28. The number of rotatable bonds is 7. The third kappa shape index (κ3) is 7.14. The van der Waals surface area contributed by atoms with Crippen LogP contribution in [0.25, 0.3) is 0 Å². The van der Waals surface area contributed by atoms with Crippen LogP contribution in [0.15, 0.2) is 22.7 Å². The van der Waals surface area contributed by atoms with Crippen LogP contribution in [0.3, 0.4) is 0 Å². The molecule has 0 spiro atoms. The quantitative estimate of drug-likeness (QED) is 0.760. The van der Waals surface area contributed by atoms with Crippen molar-refractivity contribution in [2.75, 3.05) is 25.5 Å². The van der Waals surface area contributed by atoms with Crippen LogP contribution in [0.5, 0.6) is 0 Å². The Balaban J connectivity index is 2.46. The monoisotopic (exact) mass is 383 g/mol. The topological polar surface area (TPSA) is 61.4 Å². The van der Waals surface area contributed by atoms with Crippen LogP contribution < -0.4 is 10.6 Å². The summed E-state index contributed by atoms with van der Waals surface area (Å²) in [6.07, 6.45) is 0. The Hall–Kier alpha value is -1.40. The summed E-state index contributed by atoms with van der Waals surface area (Å²) in [5.74, 6) is 0.178. The first-order chi connectivity index (χ1) is 10.7. The molecular formula is C17H26BrN3O2. The summed E-state index contributed by atoms with van der Waals surface area (Å²) in [6.45, 7) is 8.39. The number of benzene rings is 1. The summed E-state index contributed by atoms with van der Waals surface area (Å²) in [6, 6.07) is 5.80. The lowest BCUT2D eigenvalue weighted by atomic mass is 10.1. The molecule has 2 N–H and O–H groups in total. The molecule has 0 fully saturated rings. The van der Waals surface area contributed by atoms with Crippen molar-refractivity contribution in [2.24, 2.45) is 5.92 Å². The zero-order valence-corrected chi connectivity index (χ0v) is 16.0. The Kier molecular flexibility index (Phi) is 7.72. The van der Waals surface area contributed by atoms with Gasteiger partial charge in [-0.1, -0.05) is 29.8 Å². The fourth-order valence-electron chi connectivity index (χ4n) is 1.97. The van der Waals surface area contributed by atoms with Crippen LogP contribution >= 0.6 is 15.9 Å². The van der Waals surface area contributed by atoms with E-state index in [1.807, 2.05) is 32.0 Å². The van der Waals surface area contributed by atoms with Gasteiger partial charge in [0.25, 0.3) is 0 Å². The van der Waals surface area contributed by atoms with Crippen molar-refractivity contribution in [3.63, 3.8) is 0 Å². The van der Waals surface area contributed by atoms with Crippen molar-refractivity contribution in [3.8, 4) is 0 Å². The minimum Gasteiger partial charge on any atom is -0.352 e. The normalized spacial score (nSPS) is 12.3. The van der Waals surface area contributed by atoms with Gasteiger partial charge in [0.15, 0.2) is 0 Å². The fraction of sp³-hybridized carbons (Fsp3) is 0.529. The molecule has 0 aliphatic heterocycles. The van der Waals surface area contributed by atoms with E-state index in [1.165, 1.54) is 0 Å². The van der Waals surface area contributed by atoms with E-state index in [1.54, 1.807) is 11.9 Å². The third-order valence-corrected chi connectivity index (χ3v) is 4.17. The average molecular weight is 384 g/mol. The number of hydrogen-bond donors (Lipinski definition) is 2. The van der Waals surface area contributed by atoms with Crippen LogP contribution in [0.2, 0.25) is 0 Å². The zero-order chi connectivity index (χ0) is 17.6. The first kappa shape index (κ1) is 19.6. The van der Waals surface area contributed by atoms with E-state index < -0.39 is 0 Å². The van der Waals surface area contributed by atoms with Gasteiger partial charge in [0.2, 0.25) is 11.8 Å². The van der Waals surface area contributed by atoms with Gasteiger partial charge >= 0.3 is 0 Å². The van der Waals surface area contributed by atoms with Gasteiger partial charge in [-0.25, -0.2) is 0 Å². The second kappa shape index (κ2) is 9.03. The molecule has 0 heterocycles. The van der Waals surface area contributed by atoms with Gasteiger partial charge in [-0.3, -0.25) is 14.5 Å². The summed E-state index contributed by atoms with van der Waals surface area (Å²) in [5.41, 5.74) is 1.77. The van der Waals surface area contributed by atoms with Gasteiger partial charge in [-0.15, -0.1) is 0 Å². The number of halogens is 1. The number of likely N-dealkylation sites (N-methyl/N-ethyl adjacent to an activating group) is 1. The molecule has 1 rings (SSSR count). The predicted octanol–water partition coefficient (Wildman–Crippen LogP) is 2.79. The average Bonchev–Trinajstić information content (AvgIpc) is 2.41. The van der Waals surface area contributed by atoms with E-state index in [0.717, 1.165) is 15.7 Å². The van der Waals surface area contributed by atoms with E-state index in [2.05, 4.69) is 40.4 Å². The zero-order valence-electron chi connectivity index (χ0n) is 14.4. The minimum atomic E-state index is -0.136. The van der Waals surface area contributed by atoms with Crippen molar-refractivity contribution in [3.05, 3.63) is 28.2 Å². The molecular weight excluding hydrogens is 358 g/mol. The number of anilines is 1. The van der Waals surface area contributed by atoms with Gasteiger partial charge < -0.3 is 10.6 Å². The highest BCUT2D eigenvalue weighted by atomic mass is 79.9. The van der Waals surface area contributed by atoms with Crippen LogP contribution in [-0.4, -0.2) is 42.9 Å². The van der Waals surface area contributed by atoms with Gasteiger partial charge in [-0.05, 0) is 50.6 Å². The largest absolute Gasteiger partial charge is 0.352 e. The molecule has 23 heavy (non-hydrogen) atoms. The molecule has 0 aliphatic rings. The van der Waals surface area contributed by atoms with E-state index in [-0.39, 0.29) is 30.9 Å². The summed E-state index contributed by atoms with van der Waals surface area (Å²) in [4.78, 5) is 25.7. The van der Waals surface area contributed by atoms with Crippen LogP contribution in [0.1, 0.15) is 26.3 Å². The Morgan fingerprint density at radius 3 is 2.35 bits per heavy atom. The summed E-state index contributed by atoms with van der Waals surface area (Å²) in [7, 11) is 1.76. The van der Waals surface area contributed by atoms with E-state index in [9.17, 15) is 9.59 Å². The molecule has 0 saturated heterocycles. The Bertz CT molecular complexity index is 561. The maximum absolute atomic E-state index is 12.1. The van der Waals surface area contributed by atoms with Crippen molar-refractivity contribution < 1.29 is 9.59 Å². The summed E-state index contributed by atoms with van der Waals surface area (Å²) >= 11 is 3.39. The molecule has 0 unspecified atom stereocenters. The van der Waals surface area contributed by atoms with Crippen LogP contribution in [0, 0.1) is 12.8 Å². The Morgan fingerprint density at radius 1 is 1.17 bits per heavy atom. The first-order valence-corrected chi connectivity index (χ1v) is 8.52. The number of hydrogen-bond acceptors (Lipinski definition) is 3. The first-order valence-electron chi connectivity index (χ1n) is 7.73. The lowest BCUT2D eigenvalue weighted by Gasteiger charge is -2.20. The lowest BCUT2D eigenvalue weighted by Crippen LogP contribution is -2.43. The fourth-order valence-corrected chi connectivity index (χ4v) is 2.45. The highest BCUT2D eigenvalue weighted by Crippen LogP contribution is 2.19. The molecule has 5 nitrogen and oxygen atoms in total. The molecule has 0 aliphatic carbocycles. The third-order valence-electron chi connectivity index (χ3n) is 3.68. The number of nitrogens with one attached hydrogen (secondary N) is 2. The molecule has 1 atom stereocenters. The molecule has 0 bridgehead atoms. The maximum Gasteiger partial charge on any atom is 0.238 e. The maximum atomic E-state index is 12.1. The smallest absolute Gasteiger partial charge is 0.238 e. The van der Waals surface area contributed by atoms with Gasteiger partial charge in [0.1, 0.15) is 0 Å². The van der Waals surface area contributed by atoms with E-state index in [0.29, 0.717) is 5.92 Å². The Morgan fingerprint density at radius 2 is 1.78 bits per heavy atom. The van der Waals surface area contributed by atoms with E-state index in [4.69, 9.17) is 0 Å². The minimum absolute atomic E-state index is 0.0682. The summed E-state index contributed by atoms with van der Waals surface area (Å²) in [5, 5.41) is 5.80. The molecule has 0 radical (unpaired) electrons. The molecule has 6 heteroatoms.